The molecular formula is C31H26F2N4O4. The summed E-state index contributed by atoms with van der Waals surface area (Å²) in [6, 6.07) is 16.1. The first-order chi connectivity index (χ1) is 19.8. The minimum Gasteiger partial charge on any atom is -0.478 e. The lowest BCUT2D eigenvalue weighted by molar-refractivity contribution is -0.0589. The van der Waals surface area contributed by atoms with E-state index in [0.29, 0.717) is 46.8 Å². The number of pyridine rings is 2. The first-order valence-electron chi connectivity index (χ1n) is 13.2. The number of halogens is 2. The number of nitrogens with zero attached hydrogens (tertiary/aromatic N) is 4. The molecule has 1 saturated heterocycles. The highest BCUT2D eigenvalue weighted by molar-refractivity contribution is 5.92. The van der Waals surface area contributed by atoms with Gasteiger partial charge >= 0.3 is 5.97 Å². The number of carboxylic acids is 1. The van der Waals surface area contributed by atoms with Crippen LogP contribution in [0, 0.1) is 18.6 Å². The van der Waals surface area contributed by atoms with Gasteiger partial charge in [0.1, 0.15) is 24.1 Å². The SMILES string of the molecule is Cc1ccc(COc2cccc(-c3cnc(Cc4nc5ccc(C(=O)O)cc5n4C[C@@H]4CCO4)c(F)c3)n2)c(F)c1. The highest BCUT2D eigenvalue weighted by Crippen LogP contribution is 2.26. The third-order valence-corrected chi connectivity index (χ3v) is 7.10. The lowest BCUT2D eigenvalue weighted by Gasteiger charge is -2.27. The maximum absolute atomic E-state index is 15.4. The lowest BCUT2D eigenvalue weighted by Crippen LogP contribution is -2.31. The second-order valence-corrected chi connectivity index (χ2v) is 10.0. The van der Waals surface area contributed by atoms with Crippen LogP contribution in [0.4, 0.5) is 8.78 Å². The summed E-state index contributed by atoms with van der Waals surface area (Å²) in [4.78, 5) is 25.0. The summed E-state index contributed by atoms with van der Waals surface area (Å²) in [5.41, 5.74) is 3.76. The van der Waals surface area contributed by atoms with Gasteiger partial charge in [0.15, 0.2) is 0 Å². The smallest absolute Gasteiger partial charge is 0.335 e. The molecule has 8 nitrogen and oxygen atoms in total. The van der Waals surface area contributed by atoms with Gasteiger partial charge in [-0.15, -0.1) is 0 Å². The summed E-state index contributed by atoms with van der Waals surface area (Å²) < 4.78 is 42.7. The van der Waals surface area contributed by atoms with Crippen LogP contribution < -0.4 is 4.74 Å². The van der Waals surface area contributed by atoms with Crippen LogP contribution in [0.25, 0.3) is 22.3 Å². The fourth-order valence-electron chi connectivity index (χ4n) is 4.74. The van der Waals surface area contributed by atoms with Crippen molar-refractivity contribution in [3.8, 4) is 17.1 Å². The monoisotopic (exact) mass is 556 g/mol. The largest absolute Gasteiger partial charge is 0.478 e. The zero-order chi connectivity index (χ0) is 28.5. The van der Waals surface area contributed by atoms with Gasteiger partial charge < -0.3 is 19.1 Å². The van der Waals surface area contributed by atoms with Crippen molar-refractivity contribution in [2.45, 2.75) is 39.0 Å². The molecule has 208 valence electrons. The summed E-state index contributed by atoms with van der Waals surface area (Å²) in [6.07, 6.45) is 2.51. The van der Waals surface area contributed by atoms with Gasteiger partial charge in [-0.05, 0) is 55.3 Å². The third-order valence-electron chi connectivity index (χ3n) is 7.10. The van der Waals surface area contributed by atoms with E-state index in [4.69, 9.17) is 9.47 Å². The Morgan fingerprint density at radius 2 is 1.95 bits per heavy atom. The first kappa shape index (κ1) is 26.5. The molecule has 1 atom stereocenters. The van der Waals surface area contributed by atoms with Crippen molar-refractivity contribution in [3.05, 3.63) is 107 Å². The van der Waals surface area contributed by atoms with E-state index in [1.807, 2.05) is 17.6 Å². The molecule has 3 aromatic heterocycles. The first-order valence-corrected chi connectivity index (χ1v) is 13.2. The number of aromatic nitrogens is 4. The Kier molecular flexibility index (Phi) is 7.15. The predicted molar refractivity (Wildman–Crippen MR) is 147 cm³/mol. The fourth-order valence-corrected chi connectivity index (χ4v) is 4.74. The van der Waals surface area contributed by atoms with Crippen LogP contribution in [-0.4, -0.2) is 43.3 Å². The van der Waals surface area contributed by atoms with Gasteiger partial charge in [-0.25, -0.2) is 23.5 Å². The maximum atomic E-state index is 15.4. The molecule has 4 heterocycles. The second kappa shape index (κ2) is 11.1. The van der Waals surface area contributed by atoms with Crippen LogP contribution in [0.15, 0.2) is 66.9 Å². The Balaban J connectivity index is 1.24. The Bertz CT molecular complexity index is 1770. The van der Waals surface area contributed by atoms with Crippen molar-refractivity contribution in [2.24, 2.45) is 0 Å². The molecule has 6 rings (SSSR count). The molecule has 1 fully saturated rings. The molecule has 0 spiro atoms. The summed E-state index contributed by atoms with van der Waals surface area (Å²) in [5.74, 6) is -1.07. The number of rotatable bonds is 9. The van der Waals surface area contributed by atoms with Crippen LogP contribution in [-0.2, 0) is 24.3 Å². The van der Waals surface area contributed by atoms with E-state index in [0.717, 1.165) is 12.0 Å². The van der Waals surface area contributed by atoms with Gasteiger partial charge in [-0.1, -0.05) is 18.2 Å². The van der Waals surface area contributed by atoms with Crippen molar-refractivity contribution >= 4 is 17.0 Å². The summed E-state index contributed by atoms with van der Waals surface area (Å²) in [7, 11) is 0. The van der Waals surface area contributed by atoms with Crippen molar-refractivity contribution in [1.82, 2.24) is 19.5 Å². The van der Waals surface area contributed by atoms with Gasteiger partial charge in [-0.2, -0.15) is 0 Å². The van der Waals surface area contributed by atoms with Crippen molar-refractivity contribution < 1.29 is 28.2 Å². The van der Waals surface area contributed by atoms with Crippen molar-refractivity contribution in [2.75, 3.05) is 6.61 Å². The van der Waals surface area contributed by atoms with Gasteiger partial charge in [0.25, 0.3) is 0 Å². The summed E-state index contributed by atoms with van der Waals surface area (Å²) in [6.45, 7) is 2.98. The highest BCUT2D eigenvalue weighted by atomic mass is 19.1. The summed E-state index contributed by atoms with van der Waals surface area (Å²) in [5, 5.41) is 9.45. The number of aryl methyl sites for hydroxylation is 1. The highest BCUT2D eigenvalue weighted by Gasteiger charge is 2.23. The van der Waals surface area contributed by atoms with Gasteiger partial charge in [0.2, 0.25) is 5.88 Å². The Hall–Kier alpha value is -4.70. The Morgan fingerprint density at radius 1 is 1.10 bits per heavy atom. The molecule has 0 saturated carbocycles. The third kappa shape index (κ3) is 5.64. The minimum absolute atomic E-state index is 0.00890. The van der Waals surface area contributed by atoms with E-state index >= 15 is 4.39 Å². The number of aromatic carboxylic acids is 1. The Labute approximate surface area is 234 Å². The molecule has 2 aromatic carbocycles. The molecule has 0 amide bonds. The quantitative estimate of drug-likeness (QED) is 0.247. The topological polar surface area (TPSA) is 99.4 Å². The minimum atomic E-state index is -1.03. The number of fused-ring (bicyclic) bond motifs is 1. The number of carbonyl (C=O) groups is 1. The van der Waals surface area contributed by atoms with Gasteiger partial charge in [0.05, 0.1) is 47.1 Å². The van der Waals surface area contributed by atoms with Crippen LogP contribution >= 0.6 is 0 Å². The van der Waals surface area contributed by atoms with Crippen molar-refractivity contribution in [3.63, 3.8) is 0 Å². The normalized spacial score (nSPS) is 14.7. The van der Waals surface area contributed by atoms with Crippen LogP contribution in [0.2, 0.25) is 0 Å². The molecule has 41 heavy (non-hydrogen) atoms. The molecule has 1 aliphatic heterocycles. The molecule has 1 aliphatic rings. The zero-order valence-corrected chi connectivity index (χ0v) is 22.2. The molecule has 10 heteroatoms. The van der Waals surface area contributed by atoms with E-state index in [1.165, 1.54) is 24.4 Å². The molecule has 0 unspecified atom stereocenters. The number of benzene rings is 2. The van der Waals surface area contributed by atoms with Crippen molar-refractivity contribution in [1.29, 1.82) is 0 Å². The zero-order valence-electron chi connectivity index (χ0n) is 22.2. The number of ether oxygens (including phenoxy) is 2. The summed E-state index contributed by atoms with van der Waals surface area (Å²) >= 11 is 0. The number of imidazole rings is 1. The van der Waals surface area contributed by atoms with Crippen LogP contribution in [0.1, 0.15) is 39.4 Å². The van der Waals surface area contributed by atoms with E-state index < -0.39 is 11.8 Å². The molecular weight excluding hydrogens is 530 g/mol. The van der Waals surface area contributed by atoms with Gasteiger partial charge in [0, 0.05) is 30.0 Å². The lowest BCUT2D eigenvalue weighted by atomic mass is 10.1. The van der Waals surface area contributed by atoms with E-state index in [9.17, 15) is 14.3 Å². The predicted octanol–water partition coefficient (Wildman–Crippen LogP) is 5.74. The number of carboxylic acid groups (broad SMARTS) is 1. The van der Waals surface area contributed by atoms with E-state index in [1.54, 1.807) is 36.4 Å². The number of hydrogen-bond donors (Lipinski definition) is 1. The van der Waals surface area contributed by atoms with Crippen LogP contribution in [0.5, 0.6) is 5.88 Å². The molecule has 5 aromatic rings. The van der Waals surface area contributed by atoms with Crippen LogP contribution in [0.3, 0.4) is 0 Å². The molecule has 0 aliphatic carbocycles. The maximum Gasteiger partial charge on any atom is 0.335 e. The molecule has 1 N–H and O–H groups in total. The van der Waals surface area contributed by atoms with Gasteiger partial charge in [-0.3, -0.25) is 4.98 Å². The van der Waals surface area contributed by atoms with E-state index in [2.05, 4.69) is 15.0 Å². The average Bonchev–Trinajstić information content (AvgIpc) is 3.27. The fraction of sp³-hybridized carbons (Fsp3) is 0.226. The number of hydrogen-bond acceptors (Lipinski definition) is 6. The Morgan fingerprint density at radius 3 is 2.68 bits per heavy atom. The van der Waals surface area contributed by atoms with E-state index in [-0.39, 0.29) is 42.1 Å². The second-order valence-electron chi connectivity index (χ2n) is 10.0. The standard InChI is InChI=1S/C31H26F2N4O4/c1-18-5-6-20(23(32)11-18)17-41-30-4-2-3-25(36-30)21-12-24(33)27(34-15-21)14-29-35-26-8-7-19(31(38)39)13-28(26)37(29)16-22-9-10-40-22/h2-8,11-13,15,22H,9-10,14,16-17H2,1H3,(H,38,39)/t22-/m0/s1. The molecule has 0 radical (unpaired) electrons. The molecule has 0 bridgehead atoms. The average molecular weight is 557 g/mol.